The van der Waals surface area contributed by atoms with Crippen molar-refractivity contribution in [2.45, 2.75) is 30.9 Å². The van der Waals surface area contributed by atoms with Gasteiger partial charge in [-0.3, -0.25) is 0 Å². The van der Waals surface area contributed by atoms with Gasteiger partial charge in [-0.15, -0.1) is 0 Å². The fourth-order valence-electron chi connectivity index (χ4n) is 1.73. The molecule has 15 heavy (non-hydrogen) atoms. The van der Waals surface area contributed by atoms with Gasteiger partial charge >= 0.3 is 0 Å². The molecule has 0 aromatic carbocycles. The zero-order chi connectivity index (χ0) is 11.1. The number of halogens is 1. The number of rotatable bonds is 7. The van der Waals surface area contributed by atoms with Gasteiger partial charge in [-0.25, -0.2) is 13.1 Å². The van der Waals surface area contributed by atoms with Crippen molar-refractivity contribution in [1.29, 1.82) is 0 Å². The molecule has 1 fully saturated rings. The highest BCUT2D eigenvalue weighted by atomic mass is 79.9. The Morgan fingerprint density at radius 2 is 1.93 bits per heavy atom. The van der Waals surface area contributed by atoms with Crippen molar-refractivity contribution >= 4 is 26.0 Å². The summed E-state index contributed by atoms with van der Waals surface area (Å²) in [6.07, 6.45) is 3.67. The Morgan fingerprint density at radius 3 is 2.53 bits per heavy atom. The highest BCUT2D eigenvalue weighted by Crippen LogP contribution is 2.23. The zero-order valence-corrected chi connectivity index (χ0v) is 11.1. The Hall–Kier alpha value is 0.350. The number of nitrogens with one attached hydrogen (secondary N) is 1. The summed E-state index contributed by atoms with van der Waals surface area (Å²) < 4.78 is 31.1. The van der Waals surface area contributed by atoms with Gasteiger partial charge in [0.05, 0.1) is 18.5 Å². The Bertz CT molecular complexity index is 263. The maximum absolute atomic E-state index is 11.7. The molecule has 0 saturated heterocycles. The van der Waals surface area contributed by atoms with Gasteiger partial charge in [-0.05, 0) is 12.8 Å². The Labute approximate surface area is 99.9 Å². The molecule has 0 radical (unpaired) electrons. The first-order chi connectivity index (χ1) is 7.17. The standard InChI is InChI=1S/C9H18BrNO3S/c10-5-7-14-8-6-11-15(12,13)9-3-1-2-4-9/h9,11H,1-8H2. The molecule has 1 rings (SSSR count). The number of hydrogen-bond acceptors (Lipinski definition) is 3. The monoisotopic (exact) mass is 299 g/mol. The van der Waals surface area contributed by atoms with Crippen molar-refractivity contribution in [3.63, 3.8) is 0 Å². The molecular weight excluding hydrogens is 282 g/mol. The van der Waals surface area contributed by atoms with E-state index in [9.17, 15) is 8.42 Å². The van der Waals surface area contributed by atoms with Crippen LogP contribution in [0.25, 0.3) is 0 Å². The van der Waals surface area contributed by atoms with Gasteiger partial charge in [0.15, 0.2) is 0 Å². The first kappa shape index (κ1) is 13.4. The van der Waals surface area contributed by atoms with Crippen molar-refractivity contribution in [2.24, 2.45) is 0 Å². The number of sulfonamides is 1. The molecule has 0 aliphatic heterocycles. The summed E-state index contributed by atoms with van der Waals surface area (Å²) in [5.41, 5.74) is 0. The minimum absolute atomic E-state index is 0.173. The summed E-state index contributed by atoms with van der Waals surface area (Å²) in [6, 6.07) is 0. The molecule has 0 amide bonds. The van der Waals surface area contributed by atoms with E-state index >= 15 is 0 Å². The largest absolute Gasteiger partial charge is 0.379 e. The van der Waals surface area contributed by atoms with Gasteiger partial charge in [0.25, 0.3) is 0 Å². The third-order valence-corrected chi connectivity index (χ3v) is 4.79. The van der Waals surface area contributed by atoms with Crippen LogP contribution in [0.15, 0.2) is 0 Å². The highest BCUT2D eigenvalue weighted by molar-refractivity contribution is 9.09. The van der Waals surface area contributed by atoms with Crippen LogP contribution >= 0.6 is 15.9 Å². The van der Waals surface area contributed by atoms with Gasteiger partial charge < -0.3 is 4.74 Å². The third-order valence-electron chi connectivity index (χ3n) is 2.51. The molecular formula is C9H18BrNO3S. The van der Waals surface area contributed by atoms with Crippen molar-refractivity contribution in [2.75, 3.05) is 25.1 Å². The second-order valence-electron chi connectivity index (χ2n) is 3.65. The summed E-state index contributed by atoms with van der Waals surface area (Å²) >= 11 is 3.23. The molecule has 6 heteroatoms. The topological polar surface area (TPSA) is 55.4 Å². The van der Waals surface area contributed by atoms with E-state index in [1.165, 1.54) is 0 Å². The van der Waals surface area contributed by atoms with E-state index in [4.69, 9.17) is 4.74 Å². The molecule has 1 aliphatic carbocycles. The SMILES string of the molecule is O=S(=O)(NCCOCCBr)C1CCCC1. The summed E-state index contributed by atoms with van der Waals surface area (Å²) in [5, 5.41) is 0.608. The van der Waals surface area contributed by atoms with E-state index in [2.05, 4.69) is 20.7 Å². The molecule has 1 aliphatic rings. The maximum atomic E-state index is 11.7. The van der Waals surface area contributed by atoms with Crippen LogP contribution in [0.1, 0.15) is 25.7 Å². The molecule has 0 aromatic rings. The molecule has 90 valence electrons. The normalized spacial score (nSPS) is 18.5. The van der Waals surface area contributed by atoms with Crippen LogP contribution in [0.3, 0.4) is 0 Å². The van der Waals surface area contributed by atoms with Crippen LogP contribution in [0.4, 0.5) is 0 Å². The lowest BCUT2D eigenvalue weighted by molar-refractivity contribution is 0.156. The number of alkyl halides is 1. The third kappa shape index (κ3) is 4.80. The van der Waals surface area contributed by atoms with Gasteiger partial charge in [0.2, 0.25) is 10.0 Å². The average molecular weight is 300 g/mol. The van der Waals surface area contributed by atoms with Crippen LogP contribution in [0.2, 0.25) is 0 Å². The molecule has 1 saturated carbocycles. The Kier molecular flexibility index (Phi) is 6.11. The number of ether oxygens (including phenoxy) is 1. The van der Waals surface area contributed by atoms with Crippen LogP contribution in [-0.2, 0) is 14.8 Å². The lowest BCUT2D eigenvalue weighted by atomic mass is 10.4. The first-order valence-corrected chi connectivity index (χ1v) is 7.96. The molecule has 0 unspecified atom stereocenters. The second-order valence-corrected chi connectivity index (χ2v) is 6.49. The minimum atomic E-state index is -3.09. The molecule has 1 N–H and O–H groups in total. The molecule has 0 spiro atoms. The molecule has 0 atom stereocenters. The Balaban J connectivity index is 2.18. The van der Waals surface area contributed by atoms with Crippen LogP contribution < -0.4 is 4.72 Å². The van der Waals surface area contributed by atoms with E-state index in [-0.39, 0.29) is 5.25 Å². The lowest BCUT2D eigenvalue weighted by Crippen LogP contribution is -2.34. The molecule has 0 heterocycles. The molecule has 0 bridgehead atoms. The molecule has 4 nitrogen and oxygen atoms in total. The lowest BCUT2D eigenvalue weighted by Gasteiger charge is -2.12. The van der Waals surface area contributed by atoms with E-state index in [1.807, 2.05) is 0 Å². The predicted molar refractivity (Wildman–Crippen MR) is 63.8 cm³/mol. The zero-order valence-electron chi connectivity index (χ0n) is 8.75. The van der Waals surface area contributed by atoms with Crippen LogP contribution in [0, 0.1) is 0 Å². The first-order valence-electron chi connectivity index (χ1n) is 5.29. The summed E-state index contributed by atoms with van der Waals surface area (Å²) in [4.78, 5) is 0. The van der Waals surface area contributed by atoms with Crippen molar-refractivity contribution in [3.05, 3.63) is 0 Å². The van der Waals surface area contributed by atoms with Gasteiger partial charge in [0, 0.05) is 11.9 Å². The van der Waals surface area contributed by atoms with Crippen molar-refractivity contribution in [3.8, 4) is 0 Å². The fourth-order valence-corrected chi connectivity index (χ4v) is 3.52. The summed E-state index contributed by atoms with van der Waals surface area (Å²) in [5.74, 6) is 0. The van der Waals surface area contributed by atoms with Gasteiger partial charge in [-0.1, -0.05) is 28.8 Å². The van der Waals surface area contributed by atoms with Gasteiger partial charge in [0.1, 0.15) is 0 Å². The fraction of sp³-hybridized carbons (Fsp3) is 1.00. The number of hydrogen-bond donors (Lipinski definition) is 1. The van der Waals surface area contributed by atoms with Crippen LogP contribution in [-0.4, -0.2) is 38.8 Å². The smallest absolute Gasteiger partial charge is 0.214 e. The van der Waals surface area contributed by atoms with Crippen molar-refractivity contribution in [1.82, 2.24) is 4.72 Å². The van der Waals surface area contributed by atoms with Crippen molar-refractivity contribution < 1.29 is 13.2 Å². The second kappa shape index (κ2) is 6.83. The van der Waals surface area contributed by atoms with Gasteiger partial charge in [-0.2, -0.15) is 0 Å². The minimum Gasteiger partial charge on any atom is -0.379 e. The van der Waals surface area contributed by atoms with E-state index < -0.39 is 10.0 Å². The highest BCUT2D eigenvalue weighted by Gasteiger charge is 2.27. The Morgan fingerprint density at radius 1 is 1.27 bits per heavy atom. The molecule has 0 aromatic heterocycles. The average Bonchev–Trinajstić information content (AvgIpc) is 2.70. The van der Waals surface area contributed by atoms with E-state index in [0.29, 0.717) is 19.8 Å². The maximum Gasteiger partial charge on any atom is 0.214 e. The predicted octanol–water partition coefficient (Wildman–Crippen LogP) is 1.26. The summed E-state index contributed by atoms with van der Waals surface area (Å²) in [7, 11) is -3.09. The van der Waals surface area contributed by atoms with Crippen LogP contribution in [0.5, 0.6) is 0 Å². The van der Waals surface area contributed by atoms with E-state index in [1.54, 1.807) is 0 Å². The summed E-state index contributed by atoms with van der Waals surface area (Å²) in [6.45, 7) is 1.44. The van der Waals surface area contributed by atoms with E-state index in [0.717, 1.165) is 31.0 Å². The quantitative estimate of drug-likeness (QED) is 0.569.